The van der Waals surface area contributed by atoms with Gasteiger partial charge in [0.25, 0.3) is 0 Å². The summed E-state index contributed by atoms with van der Waals surface area (Å²) in [4.78, 5) is 35.2. The highest BCUT2D eigenvalue weighted by Gasteiger charge is 2.31. The number of hydrogen-bond acceptors (Lipinski definition) is 6. The van der Waals surface area contributed by atoms with Crippen molar-refractivity contribution in [1.82, 2.24) is 0 Å². The van der Waals surface area contributed by atoms with Crippen LogP contribution in [0.25, 0.3) is 0 Å². The van der Waals surface area contributed by atoms with Crippen LogP contribution in [0, 0.1) is 11.8 Å². The van der Waals surface area contributed by atoms with Crippen LogP contribution in [0.5, 0.6) is 5.75 Å². The summed E-state index contributed by atoms with van der Waals surface area (Å²) in [6.07, 6.45) is 4.90. The summed E-state index contributed by atoms with van der Waals surface area (Å²) in [6.45, 7) is 3.91. The Morgan fingerprint density at radius 3 is 2.04 bits per heavy atom. The molecule has 146 valence electrons. The number of carbonyl (C=O) groups is 3. The van der Waals surface area contributed by atoms with Crippen molar-refractivity contribution >= 4 is 17.9 Å². The largest absolute Gasteiger partial charge is 0.465 e. The standard InChI is InChI=1S/C21H26O6/c1-2-19(22)25-14-6-7-15-26-20(23)16-10-12-17(13-11-16)21(24)27-18-8-4-3-5-9-18/h2-5,8-9,16-17H,1,6-7,10-15H2. The lowest BCUT2D eigenvalue weighted by molar-refractivity contribution is -0.152. The third kappa shape index (κ3) is 7.25. The van der Waals surface area contributed by atoms with Gasteiger partial charge in [-0.15, -0.1) is 0 Å². The zero-order chi connectivity index (χ0) is 19.5. The number of benzene rings is 1. The maximum Gasteiger partial charge on any atom is 0.330 e. The molecule has 0 aromatic heterocycles. The van der Waals surface area contributed by atoms with Crippen molar-refractivity contribution < 1.29 is 28.6 Å². The van der Waals surface area contributed by atoms with Gasteiger partial charge in [-0.1, -0.05) is 24.8 Å². The molecular formula is C21H26O6. The zero-order valence-electron chi connectivity index (χ0n) is 15.4. The van der Waals surface area contributed by atoms with E-state index in [4.69, 9.17) is 14.2 Å². The monoisotopic (exact) mass is 374 g/mol. The molecule has 6 heteroatoms. The molecule has 0 unspecified atom stereocenters. The fourth-order valence-corrected chi connectivity index (χ4v) is 2.98. The number of ether oxygens (including phenoxy) is 3. The van der Waals surface area contributed by atoms with Gasteiger partial charge in [0.15, 0.2) is 0 Å². The van der Waals surface area contributed by atoms with Gasteiger partial charge in [0.2, 0.25) is 0 Å². The molecule has 0 amide bonds. The molecule has 0 atom stereocenters. The highest BCUT2D eigenvalue weighted by atomic mass is 16.5. The van der Waals surface area contributed by atoms with E-state index in [1.54, 1.807) is 12.1 Å². The summed E-state index contributed by atoms with van der Waals surface area (Å²) in [6, 6.07) is 9.00. The minimum Gasteiger partial charge on any atom is -0.465 e. The van der Waals surface area contributed by atoms with E-state index in [9.17, 15) is 14.4 Å². The second-order valence-corrected chi connectivity index (χ2v) is 6.53. The molecule has 1 saturated carbocycles. The topological polar surface area (TPSA) is 78.9 Å². The zero-order valence-corrected chi connectivity index (χ0v) is 15.4. The lowest BCUT2D eigenvalue weighted by atomic mass is 9.82. The fraction of sp³-hybridized carbons (Fsp3) is 0.476. The van der Waals surface area contributed by atoms with E-state index < -0.39 is 5.97 Å². The first-order valence-electron chi connectivity index (χ1n) is 9.32. The molecule has 1 aromatic carbocycles. The molecule has 1 aliphatic rings. The van der Waals surface area contributed by atoms with Crippen molar-refractivity contribution in [2.45, 2.75) is 38.5 Å². The van der Waals surface area contributed by atoms with Crippen molar-refractivity contribution in [3.05, 3.63) is 43.0 Å². The molecule has 0 aliphatic heterocycles. The molecule has 1 aromatic rings. The molecule has 6 nitrogen and oxygen atoms in total. The molecule has 0 spiro atoms. The Labute approximate surface area is 159 Å². The van der Waals surface area contributed by atoms with Crippen molar-refractivity contribution in [2.24, 2.45) is 11.8 Å². The molecule has 0 bridgehead atoms. The molecule has 0 saturated heterocycles. The third-order valence-corrected chi connectivity index (χ3v) is 4.55. The van der Waals surface area contributed by atoms with Gasteiger partial charge >= 0.3 is 17.9 Å². The average Bonchev–Trinajstić information content (AvgIpc) is 2.71. The number of rotatable bonds is 9. The highest BCUT2D eigenvalue weighted by molar-refractivity contribution is 5.81. The predicted molar refractivity (Wildman–Crippen MR) is 98.9 cm³/mol. The smallest absolute Gasteiger partial charge is 0.330 e. The molecule has 0 radical (unpaired) electrons. The Bertz CT molecular complexity index is 631. The number of esters is 3. The molecule has 1 fully saturated rings. The van der Waals surface area contributed by atoms with Gasteiger partial charge < -0.3 is 14.2 Å². The molecule has 0 N–H and O–H groups in total. The molecule has 27 heavy (non-hydrogen) atoms. The van der Waals surface area contributed by atoms with Crippen LogP contribution in [0.15, 0.2) is 43.0 Å². The van der Waals surface area contributed by atoms with Gasteiger partial charge in [0.05, 0.1) is 25.0 Å². The van der Waals surface area contributed by atoms with Crippen LogP contribution in [-0.2, 0) is 23.9 Å². The molecule has 0 heterocycles. The van der Waals surface area contributed by atoms with E-state index in [0.717, 1.165) is 6.08 Å². The van der Waals surface area contributed by atoms with Crippen LogP contribution < -0.4 is 4.74 Å². The quantitative estimate of drug-likeness (QED) is 0.285. The first-order chi connectivity index (χ1) is 13.1. The minimum atomic E-state index is -0.449. The summed E-state index contributed by atoms with van der Waals surface area (Å²) in [5.74, 6) is -0.689. The fourth-order valence-electron chi connectivity index (χ4n) is 2.98. The second kappa shape index (κ2) is 11.2. The van der Waals surface area contributed by atoms with E-state index >= 15 is 0 Å². The molecule has 2 rings (SSSR count). The van der Waals surface area contributed by atoms with E-state index in [1.165, 1.54) is 0 Å². The average molecular weight is 374 g/mol. The first-order valence-corrected chi connectivity index (χ1v) is 9.32. The maximum absolute atomic E-state index is 12.2. The SMILES string of the molecule is C=CC(=O)OCCCCOC(=O)C1CCC(C(=O)Oc2ccccc2)CC1. The Kier molecular flexibility index (Phi) is 8.55. The van der Waals surface area contributed by atoms with Gasteiger partial charge in [-0.25, -0.2) is 4.79 Å². The van der Waals surface area contributed by atoms with Crippen LogP contribution in [-0.4, -0.2) is 31.1 Å². The number of para-hydroxylation sites is 1. The van der Waals surface area contributed by atoms with E-state index in [2.05, 4.69) is 6.58 Å². The Morgan fingerprint density at radius 1 is 0.889 bits per heavy atom. The van der Waals surface area contributed by atoms with Crippen LogP contribution in [0.1, 0.15) is 38.5 Å². The van der Waals surface area contributed by atoms with Gasteiger partial charge in [0, 0.05) is 6.08 Å². The first kappa shape index (κ1) is 20.7. The van der Waals surface area contributed by atoms with Crippen molar-refractivity contribution in [3.63, 3.8) is 0 Å². The van der Waals surface area contributed by atoms with Crippen molar-refractivity contribution in [1.29, 1.82) is 0 Å². The lowest BCUT2D eigenvalue weighted by Gasteiger charge is -2.25. The van der Waals surface area contributed by atoms with Gasteiger partial charge in [-0.2, -0.15) is 0 Å². The van der Waals surface area contributed by atoms with Crippen LogP contribution >= 0.6 is 0 Å². The minimum absolute atomic E-state index is 0.163. The van der Waals surface area contributed by atoms with Crippen molar-refractivity contribution in [2.75, 3.05) is 13.2 Å². The Morgan fingerprint density at radius 2 is 1.44 bits per heavy atom. The van der Waals surface area contributed by atoms with Crippen molar-refractivity contribution in [3.8, 4) is 5.75 Å². The summed E-state index contributed by atoms with van der Waals surface area (Å²) < 4.78 is 15.5. The number of carbonyl (C=O) groups excluding carboxylic acids is 3. The Hall–Kier alpha value is -2.63. The summed E-state index contributed by atoms with van der Waals surface area (Å²) >= 11 is 0. The highest BCUT2D eigenvalue weighted by Crippen LogP contribution is 2.30. The number of unbranched alkanes of at least 4 members (excludes halogenated alkanes) is 1. The number of hydrogen-bond donors (Lipinski definition) is 0. The second-order valence-electron chi connectivity index (χ2n) is 6.53. The van der Waals surface area contributed by atoms with E-state index in [-0.39, 0.29) is 30.4 Å². The summed E-state index contributed by atoms with van der Waals surface area (Å²) in [7, 11) is 0. The summed E-state index contributed by atoms with van der Waals surface area (Å²) in [5, 5.41) is 0. The summed E-state index contributed by atoms with van der Waals surface area (Å²) in [5.41, 5.74) is 0. The van der Waals surface area contributed by atoms with E-state index in [1.807, 2.05) is 18.2 Å². The molecule has 1 aliphatic carbocycles. The third-order valence-electron chi connectivity index (χ3n) is 4.55. The molecular weight excluding hydrogens is 348 g/mol. The lowest BCUT2D eigenvalue weighted by Crippen LogP contribution is -2.29. The normalized spacial score (nSPS) is 19.0. The van der Waals surface area contributed by atoms with Crippen LogP contribution in [0.3, 0.4) is 0 Å². The van der Waals surface area contributed by atoms with Crippen LogP contribution in [0.2, 0.25) is 0 Å². The van der Waals surface area contributed by atoms with Gasteiger partial charge in [-0.05, 0) is 50.7 Å². The maximum atomic E-state index is 12.2. The Balaban J connectivity index is 1.60. The predicted octanol–water partition coefficient (Wildman–Crippen LogP) is 3.45. The van der Waals surface area contributed by atoms with E-state index in [0.29, 0.717) is 50.9 Å². The van der Waals surface area contributed by atoms with Gasteiger partial charge in [0.1, 0.15) is 5.75 Å². The van der Waals surface area contributed by atoms with Gasteiger partial charge in [-0.3, -0.25) is 9.59 Å². The van der Waals surface area contributed by atoms with Crippen LogP contribution in [0.4, 0.5) is 0 Å².